The van der Waals surface area contributed by atoms with Gasteiger partial charge in [0, 0.05) is 6.54 Å². The third kappa shape index (κ3) is 4.42. The summed E-state index contributed by atoms with van der Waals surface area (Å²) in [4.78, 5) is 15.8. The van der Waals surface area contributed by atoms with Gasteiger partial charge < -0.3 is 9.94 Å². The van der Waals surface area contributed by atoms with Crippen LogP contribution in [0.3, 0.4) is 0 Å². The Labute approximate surface area is 95.2 Å². The maximum absolute atomic E-state index is 10.6. The first kappa shape index (κ1) is 12.7. The second-order valence-electron chi connectivity index (χ2n) is 4.03. The fourth-order valence-corrected chi connectivity index (χ4v) is 1.13. The van der Waals surface area contributed by atoms with E-state index in [0.717, 1.165) is 5.56 Å². The van der Waals surface area contributed by atoms with E-state index in [1.807, 2.05) is 0 Å². The zero-order chi connectivity index (χ0) is 12.0. The molecule has 0 saturated carbocycles. The molecule has 0 heterocycles. The Morgan fingerprint density at radius 2 is 2.00 bits per heavy atom. The van der Waals surface area contributed by atoms with Gasteiger partial charge in [-0.25, -0.2) is 4.79 Å². The maximum Gasteiger partial charge on any atom is 0.335 e. The van der Waals surface area contributed by atoms with Gasteiger partial charge in [-0.15, -0.1) is 0 Å². The van der Waals surface area contributed by atoms with Crippen molar-refractivity contribution in [2.75, 3.05) is 6.61 Å². The highest BCUT2D eigenvalue weighted by Gasteiger charge is 2.01. The molecule has 0 spiro atoms. The van der Waals surface area contributed by atoms with Crippen LogP contribution in [0, 0.1) is 5.92 Å². The van der Waals surface area contributed by atoms with E-state index in [0.29, 0.717) is 24.6 Å². The molecule has 0 radical (unpaired) electrons. The Bertz CT molecular complexity index is 333. The molecule has 0 aliphatic rings. The number of hydrogen-bond donors (Lipinski definition) is 2. The third-order valence-electron chi connectivity index (χ3n) is 2.00. The van der Waals surface area contributed by atoms with Gasteiger partial charge in [0.05, 0.1) is 12.2 Å². The predicted molar refractivity (Wildman–Crippen MR) is 61.0 cm³/mol. The maximum atomic E-state index is 10.6. The van der Waals surface area contributed by atoms with Crippen LogP contribution in [-0.2, 0) is 11.4 Å². The number of aromatic carboxylic acids is 1. The van der Waals surface area contributed by atoms with Crippen molar-refractivity contribution in [3.05, 3.63) is 35.4 Å². The van der Waals surface area contributed by atoms with Gasteiger partial charge in [-0.3, -0.25) is 0 Å². The van der Waals surface area contributed by atoms with E-state index in [1.165, 1.54) is 0 Å². The average molecular weight is 223 g/mol. The number of nitrogens with one attached hydrogen (secondary N) is 1. The number of benzene rings is 1. The predicted octanol–water partition coefficient (Wildman–Crippen LogP) is 2.06. The monoisotopic (exact) mass is 223 g/mol. The van der Waals surface area contributed by atoms with E-state index in [4.69, 9.17) is 9.94 Å². The van der Waals surface area contributed by atoms with Crippen molar-refractivity contribution in [2.45, 2.75) is 20.4 Å². The summed E-state index contributed by atoms with van der Waals surface area (Å²) in [5.74, 6) is -0.419. The quantitative estimate of drug-likeness (QED) is 0.572. The minimum absolute atomic E-state index is 0.298. The van der Waals surface area contributed by atoms with E-state index in [9.17, 15) is 4.79 Å². The fraction of sp³-hybridized carbons (Fsp3) is 0.417. The van der Waals surface area contributed by atoms with Gasteiger partial charge in [0.25, 0.3) is 0 Å². The van der Waals surface area contributed by atoms with Crippen molar-refractivity contribution < 1.29 is 14.7 Å². The van der Waals surface area contributed by atoms with Crippen molar-refractivity contribution in [3.63, 3.8) is 0 Å². The highest BCUT2D eigenvalue weighted by molar-refractivity contribution is 5.87. The summed E-state index contributed by atoms with van der Waals surface area (Å²) in [6.45, 7) is 5.38. The smallest absolute Gasteiger partial charge is 0.335 e. The van der Waals surface area contributed by atoms with Crippen LogP contribution in [0.4, 0.5) is 0 Å². The Kier molecular flexibility index (Phi) is 4.95. The summed E-state index contributed by atoms with van der Waals surface area (Å²) in [5.41, 5.74) is 4.13. The SMILES string of the molecule is CC(C)CONCc1ccc(C(=O)O)cc1. The van der Waals surface area contributed by atoms with Crippen molar-refractivity contribution in [3.8, 4) is 0 Å². The molecule has 0 bridgehead atoms. The van der Waals surface area contributed by atoms with Crippen LogP contribution in [0.15, 0.2) is 24.3 Å². The van der Waals surface area contributed by atoms with Crippen LogP contribution in [0.2, 0.25) is 0 Å². The van der Waals surface area contributed by atoms with Crippen LogP contribution in [0.5, 0.6) is 0 Å². The number of carboxylic acid groups (broad SMARTS) is 1. The van der Waals surface area contributed by atoms with Crippen molar-refractivity contribution in [1.29, 1.82) is 0 Å². The third-order valence-corrected chi connectivity index (χ3v) is 2.00. The molecule has 1 rings (SSSR count). The van der Waals surface area contributed by atoms with Crippen LogP contribution >= 0.6 is 0 Å². The van der Waals surface area contributed by atoms with E-state index in [1.54, 1.807) is 24.3 Å². The minimum Gasteiger partial charge on any atom is -0.478 e. The Hall–Kier alpha value is -1.39. The van der Waals surface area contributed by atoms with Crippen LogP contribution in [0.1, 0.15) is 29.8 Å². The Morgan fingerprint density at radius 3 is 2.50 bits per heavy atom. The van der Waals surface area contributed by atoms with Crippen LogP contribution < -0.4 is 5.48 Å². The summed E-state index contributed by atoms with van der Waals surface area (Å²) in [7, 11) is 0. The van der Waals surface area contributed by atoms with Gasteiger partial charge in [-0.2, -0.15) is 5.48 Å². The molecule has 88 valence electrons. The fourth-order valence-electron chi connectivity index (χ4n) is 1.13. The molecule has 1 aromatic carbocycles. The van der Waals surface area contributed by atoms with Gasteiger partial charge >= 0.3 is 5.97 Å². The summed E-state index contributed by atoms with van der Waals surface area (Å²) >= 11 is 0. The van der Waals surface area contributed by atoms with Crippen molar-refractivity contribution >= 4 is 5.97 Å². The van der Waals surface area contributed by atoms with Gasteiger partial charge in [0.1, 0.15) is 0 Å². The first-order valence-corrected chi connectivity index (χ1v) is 5.26. The minimum atomic E-state index is -0.907. The topological polar surface area (TPSA) is 58.6 Å². The molecule has 4 heteroatoms. The molecule has 0 unspecified atom stereocenters. The Balaban J connectivity index is 2.35. The molecular formula is C12H17NO3. The number of hydrogen-bond acceptors (Lipinski definition) is 3. The number of hydroxylamine groups is 1. The second-order valence-corrected chi connectivity index (χ2v) is 4.03. The van der Waals surface area contributed by atoms with Gasteiger partial charge in [0.2, 0.25) is 0 Å². The summed E-state index contributed by atoms with van der Waals surface area (Å²) in [6.07, 6.45) is 0. The van der Waals surface area contributed by atoms with E-state index in [-0.39, 0.29) is 0 Å². The summed E-state index contributed by atoms with van der Waals surface area (Å²) in [6, 6.07) is 6.72. The normalized spacial score (nSPS) is 10.7. The molecule has 0 aliphatic carbocycles. The second kappa shape index (κ2) is 6.25. The lowest BCUT2D eigenvalue weighted by molar-refractivity contribution is 0.0196. The summed E-state index contributed by atoms with van der Waals surface area (Å²) < 4.78 is 0. The lowest BCUT2D eigenvalue weighted by Gasteiger charge is -2.07. The Morgan fingerprint density at radius 1 is 1.38 bits per heavy atom. The van der Waals surface area contributed by atoms with Crippen LogP contribution in [0.25, 0.3) is 0 Å². The molecule has 0 fully saturated rings. The summed E-state index contributed by atoms with van der Waals surface area (Å²) in [5, 5.41) is 8.71. The molecule has 0 amide bonds. The lowest BCUT2D eigenvalue weighted by atomic mass is 10.1. The molecule has 0 aliphatic heterocycles. The van der Waals surface area contributed by atoms with E-state index in [2.05, 4.69) is 19.3 Å². The highest BCUT2D eigenvalue weighted by atomic mass is 16.6. The lowest BCUT2D eigenvalue weighted by Crippen LogP contribution is -2.17. The van der Waals surface area contributed by atoms with E-state index >= 15 is 0 Å². The first-order chi connectivity index (χ1) is 7.59. The molecule has 0 saturated heterocycles. The molecule has 2 N–H and O–H groups in total. The first-order valence-electron chi connectivity index (χ1n) is 5.26. The van der Waals surface area contributed by atoms with Crippen molar-refractivity contribution in [1.82, 2.24) is 5.48 Å². The molecular weight excluding hydrogens is 206 g/mol. The average Bonchev–Trinajstić information content (AvgIpc) is 2.25. The molecule has 0 atom stereocenters. The van der Waals surface area contributed by atoms with Crippen LogP contribution in [-0.4, -0.2) is 17.7 Å². The zero-order valence-electron chi connectivity index (χ0n) is 9.56. The number of carbonyl (C=O) groups is 1. The number of carboxylic acids is 1. The molecule has 1 aromatic rings. The molecule has 0 aromatic heterocycles. The molecule has 4 nitrogen and oxygen atoms in total. The standard InChI is InChI=1S/C12H17NO3/c1-9(2)8-16-13-7-10-3-5-11(6-4-10)12(14)15/h3-6,9,13H,7-8H2,1-2H3,(H,14,15). The van der Waals surface area contributed by atoms with Crippen molar-refractivity contribution in [2.24, 2.45) is 5.92 Å². The number of rotatable bonds is 6. The van der Waals surface area contributed by atoms with E-state index < -0.39 is 5.97 Å². The molecule has 16 heavy (non-hydrogen) atoms. The van der Waals surface area contributed by atoms with Gasteiger partial charge in [-0.05, 0) is 23.6 Å². The largest absolute Gasteiger partial charge is 0.478 e. The highest BCUT2D eigenvalue weighted by Crippen LogP contribution is 2.04. The zero-order valence-corrected chi connectivity index (χ0v) is 9.56. The van der Waals surface area contributed by atoms with Gasteiger partial charge in [-0.1, -0.05) is 26.0 Å². The van der Waals surface area contributed by atoms with Gasteiger partial charge in [0.15, 0.2) is 0 Å².